The van der Waals surface area contributed by atoms with Gasteiger partial charge in [0, 0.05) is 26.2 Å². The third-order valence-corrected chi connectivity index (χ3v) is 3.11. The van der Waals surface area contributed by atoms with E-state index in [0.29, 0.717) is 0 Å². The topological polar surface area (TPSA) is 3.24 Å². The molecule has 2 aromatic carbocycles. The molecule has 0 unspecified atom stereocenters. The second-order valence-corrected chi connectivity index (χ2v) is 4.40. The van der Waals surface area contributed by atoms with Gasteiger partial charge in [-0.1, -0.05) is 30.3 Å². The molecule has 1 aliphatic rings. The van der Waals surface area contributed by atoms with E-state index in [-0.39, 0.29) is 0 Å². The van der Waals surface area contributed by atoms with Crippen LogP contribution in [-0.4, -0.2) is 14.1 Å². The molecule has 1 heteroatoms. The Bertz CT molecular complexity index is 541. The van der Waals surface area contributed by atoms with Gasteiger partial charge < -0.3 is 4.90 Å². The van der Waals surface area contributed by atoms with Gasteiger partial charge in [0.2, 0.25) is 0 Å². The summed E-state index contributed by atoms with van der Waals surface area (Å²) in [4.78, 5) is 2.14. The SMILES string of the molecule is CN(C)c1ccc2c(c1)[CH]c1ccccc1-2. The maximum atomic E-state index is 2.26. The molecule has 0 aromatic heterocycles. The number of hydrogen-bond donors (Lipinski definition) is 0. The van der Waals surface area contributed by atoms with Crippen molar-refractivity contribution in [3.05, 3.63) is 60.0 Å². The Morgan fingerprint density at radius 3 is 2.38 bits per heavy atom. The maximum Gasteiger partial charge on any atom is 0.0364 e. The van der Waals surface area contributed by atoms with Crippen molar-refractivity contribution in [2.24, 2.45) is 0 Å². The van der Waals surface area contributed by atoms with Crippen LogP contribution in [0, 0.1) is 6.42 Å². The molecule has 79 valence electrons. The lowest BCUT2D eigenvalue weighted by atomic mass is 10.1. The molecule has 0 fully saturated rings. The fourth-order valence-electron chi connectivity index (χ4n) is 2.23. The lowest BCUT2D eigenvalue weighted by Gasteiger charge is -2.13. The molecule has 1 radical (unpaired) electrons. The van der Waals surface area contributed by atoms with Crippen LogP contribution in [0.5, 0.6) is 0 Å². The molecule has 16 heavy (non-hydrogen) atoms. The van der Waals surface area contributed by atoms with Crippen LogP contribution in [0.3, 0.4) is 0 Å². The maximum absolute atomic E-state index is 2.26. The highest BCUT2D eigenvalue weighted by Gasteiger charge is 2.18. The molecule has 0 saturated carbocycles. The molecule has 1 nitrogen and oxygen atoms in total. The van der Waals surface area contributed by atoms with E-state index < -0.39 is 0 Å². The summed E-state index contributed by atoms with van der Waals surface area (Å²) in [6, 6.07) is 15.2. The summed E-state index contributed by atoms with van der Waals surface area (Å²) in [7, 11) is 4.15. The van der Waals surface area contributed by atoms with Gasteiger partial charge in [-0.05, 0) is 34.4 Å². The third kappa shape index (κ3) is 1.32. The monoisotopic (exact) mass is 208 g/mol. The largest absolute Gasteiger partial charge is 0.378 e. The minimum absolute atomic E-state index is 1.25. The average Bonchev–Trinajstić information content (AvgIpc) is 2.66. The van der Waals surface area contributed by atoms with Gasteiger partial charge in [0.25, 0.3) is 0 Å². The first-order valence-corrected chi connectivity index (χ1v) is 5.51. The summed E-state index contributed by atoms with van der Waals surface area (Å²) in [6.07, 6.45) is 2.26. The van der Waals surface area contributed by atoms with Crippen molar-refractivity contribution >= 4 is 5.69 Å². The van der Waals surface area contributed by atoms with E-state index in [0.717, 1.165) is 0 Å². The predicted octanol–water partition coefficient (Wildman–Crippen LogP) is 3.33. The highest BCUT2D eigenvalue weighted by Crippen LogP contribution is 2.39. The number of rotatable bonds is 1. The van der Waals surface area contributed by atoms with Crippen LogP contribution in [-0.2, 0) is 0 Å². The van der Waals surface area contributed by atoms with Crippen LogP contribution in [0.1, 0.15) is 11.1 Å². The van der Waals surface area contributed by atoms with Crippen LogP contribution in [0.25, 0.3) is 11.1 Å². The first-order valence-electron chi connectivity index (χ1n) is 5.51. The van der Waals surface area contributed by atoms with Gasteiger partial charge in [0.15, 0.2) is 0 Å². The number of fused-ring (bicyclic) bond motifs is 3. The van der Waals surface area contributed by atoms with Gasteiger partial charge in [0.1, 0.15) is 0 Å². The average molecular weight is 208 g/mol. The molecule has 3 rings (SSSR count). The Balaban J connectivity index is 2.14. The van der Waals surface area contributed by atoms with E-state index in [1.807, 2.05) is 0 Å². The van der Waals surface area contributed by atoms with Crippen molar-refractivity contribution in [1.29, 1.82) is 0 Å². The lowest BCUT2D eigenvalue weighted by molar-refractivity contribution is 1.13. The van der Waals surface area contributed by atoms with Gasteiger partial charge in [-0.3, -0.25) is 0 Å². The first kappa shape index (κ1) is 9.46. The highest BCUT2D eigenvalue weighted by atomic mass is 15.1. The van der Waals surface area contributed by atoms with Crippen molar-refractivity contribution < 1.29 is 0 Å². The van der Waals surface area contributed by atoms with Crippen LogP contribution in [0.4, 0.5) is 5.69 Å². The van der Waals surface area contributed by atoms with Crippen LogP contribution < -0.4 is 4.90 Å². The van der Waals surface area contributed by atoms with E-state index in [2.05, 4.69) is 67.9 Å². The predicted molar refractivity (Wildman–Crippen MR) is 68.7 cm³/mol. The fourth-order valence-corrected chi connectivity index (χ4v) is 2.23. The van der Waals surface area contributed by atoms with Gasteiger partial charge >= 0.3 is 0 Å². The molecule has 0 spiro atoms. The highest BCUT2D eigenvalue weighted by molar-refractivity contribution is 5.82. The van der Waals surface area contributed by atoms with Crippen molar-refractivity contribution in [3.63, 3.8) is 0 Å². The second kappa shape index (κ2) is 3.38. The molecule has 1 aliphatic carbocycles. The summed E-state index contributed by atoms with van der Waals surface area (Å²) in [5.41, 5.74) is 6.60. The molecule has 0 aliphatic heterocycles. The molecule has 0 atom stereocenters. The van der Waals surface area contributed by atoms with Crippen LogP contribution in [0.2, 0.25) is 0 Å². The zero-order valence-electron chi connectivity index (χ0n) is 9.57. The van der Waals surface area contributed by atoms with Crippen molar-refractivity contribution in [3.8, 4) is 11.1 Å². The number of hydrogen-bond acceptors (Lipinski definition) is 1. The van der Waals surface area contributed by atoms with Gasteiger partial charge in [-0.2, -0.15) is 0 Å². The fraction of sp³-hybridized carbons (Fsp3) is 0.133. The number of nitrogens with zero attached hydrogens (tertiary/aromatic N) is 1. The molecule has 2 aromatic rings. The summed E-state index contributed by atoms with van der Waals surface area (Å²) in [5, 5.41) is 0. The molecule has 0 saturated heterocycles. The summed E-state index contributed by atoms with van der Waals surface area (Å²) in [6.45, 7) is 0. The molecule has 0 N–H and O–H groups in total. The molecular weight excluding hydrogens is 194 g/mol. The lowest BCUT2D eigenvalue weighted by Crippen LogP contribution is -2.08. The van der Waals surface area contributed by atoms with E-state index in [1.165, 1.54) is 27.9 Å². The smallest absolute Gasteiger partial charge is 0.0364 e. The zero-order chi connectivity index (χ0) is 11.1. The summed E-state index contributed by atoms with van der Waals surface area (Å²) < 4.78 is 0. The Kier molecular flexibility index (Phi) is 2.00. The van der Waals surface area contributed by atoms with Gasteiger partial charge in [0.05, 0.1) is 0 Å². The van der Waals surface area contributed by atoms with Crippen molar-refractivity contribution in [2.75, 3.05) is 19.0 Å². The second-order valence-electron chi connectivity index (χ2n) is 4.40. The summed E-state index contributed by atoms with van der Waals surface area (Å²) in [5.74, 6) is 0. The summed E-state index contributed by atoms with van der Waals surface area (Å²) >= 11 is 0. The minimum Gasteiger partial charge on any atom is -0.378 e. The first-order chi connectivity index (χ1) is 7.75. The number of anilines is 1. The quantitative estimate of drug-likeness (QED) is 0.593. The van der Waals surface area contributed by atoms with Crippen LogP contribution in [0.15, 0.2) is 42.5 Å². The standard InChI is InChI=1S/C15H14N/c1-16(2)13-7-8-15-12(10-13)9-11-5-3-4-6-14(11)15/h3-10H,1-2H3. The van der Waals surface area contributed by atoms with E-state index in [4.69, 9.17) is 0 Å². The Hall–Kier alpha value is -1.76. The molecule has 0 bridgehead atoms. The Labute approximate surface area is 96.3 Å². The normalized spacial score (nSPS) is 12.1. The number of benzene rings is 2. The van der Waals surface area contributed by atoms with E-state index in [9.17, 15) is 0 Å². The van der Waals surface area contributed by atoms with Crippen LogP contribution >= 0.6 is 0 Å². The Morgan fingerprint density at radius 1 is 0.812 bits per heavy atom. The Morgan fingerprint density at radius 2 is 1.56 bits per heavy atom. The van der Waals surface area contributed by atoms with Gasteiger partial charge in [-0.15, -0.1) is 0 Å². The van der Waals surface area contributed by atoms with Crippen molar-refractivity contribution in [2.45, 2.75) is 0 Å². The van der Waals surface area contributed by atoms with E-state index >= 15 is 0 Å². The minimum atomic E-state index is 1.25. The molecular formula is C15H14N. The third-order valence-electron chi connectivity index (χ3n) is 3.11. The zero-order valence-corrected chi connectivity index (χ0v) is 9.57. The van der Waals surface area contributed by atoms with Crippen molar-refractivity contribution in [1.82, 2.24) is 0 Å². The van der Waals surface area contributed by atoms with E-state index in [1.54, 1.807) is 0 Å². The molecule has 0 amide bonds. The van der Waals surface area contributed by atoms with Gasteiger partial charge in [-0.25, -0.2) is 0 Å². The molecule has 0 heterocycles.